The Labute approximate surface area is 313 Å². The Morgan fingerprint density at radius 3 is 1.35 bits per heavy atom. The first-order valence-electron chi connectivity index (χ1n) is 18.3. The van der Waals surface area contributed by atoms with E-state index in [0.717, 1.165) is 44.8 Å². The molecule has 0 aliphatic carbocycles. The number of fused-ring (bicyclic) bond motifs is 6. The normalized spacial score (nSPS) is 11.3. The number of hydrogen-bond donors (Lipinski definition) is 0. The van der Waals surface area contributed by atoms with E-state index in [2.05, 4.69) is 163 Å². The van der Waals surface area contributed by atoms with E-state index in [1.54, 1.807) is 0 Å². The Kier molecular flexibility index (Phi) is 7.81. The standard InChI is InChI=1S/C51H33N3/c1-2-10-39(11-3-1)51-53-49(33-50(54-51)47-17-9-4-12-41(47)37-28-30-52-31-29-37)38-24-22-35(23-25-38)34-18-20-36(21-19-34)40-26-27-46-44-15-6-5-13-42(44)43-14-7-8-16-45(43)48(46)32-40/h1-33H. The first kappa shape index (κ1) is 31.5. The highest BCUT2D eigenvalue weighted by molar-refractivity contribution is 6.25. The summed E-state index contributed by atoms with van der Waals surface area (Å²) in [6.07, 6.45) is 3.66. The van der Waals surface area contributed by atoms with Gasteiger partial charge in [0.05, 0.1) is 11.4 Å². The summed E-state index contributed by atoms with van der Waals surface area (Å²) in [6, 6.07) is 66.7. The predicted octanol–water partition coefficient (Wildman–Crippen LogP) is 13.3. The van der Waals surface area contributed by atoms with Crippen molar-refractivity contribution in [2.75, 3.05) is 0 Å². The average molecular weight is 688 g/mol. The average Bonchev–Trinajstić information content (AvgIpc) is 3.27. The molecular formula is C51H33N3. The summed E-state index contributed by atoms with van der Waals surface area (Å²) in [6.45, 7) is 0. The van der Waals surface area contributed by atoms with Crippen LogP contribution < -0.4 is 0 Å². The van der Waals surface area contributed by atoms with E-state index in [1.165, 1.54) is 49.0 Å². The van der Waals surface area contributed by atoms with Crippen LogP contribution in [0.15, 0.2) is 200 Å². The van der Waals surface area contributed by atoms with E-state index in [9.17, 15) is 0 Å². The molecule has 10 rings (SSSR count). The molecule has 0 fully saturated rings. The predicted molar refractivity (Wildman–Crippen MR) is 225 cm³/mol. The van der Waals surface area contributed by atoms with Gasteiger partial charge >= 0.3 is 0 Å². The highest BCUT2D eigenvalue weighted by atomic mass is 14.9. The van der Waals surface area contributed by atoms with Crippen molar-refractivity contribution in [3.63, 3.8) is 0 Å². The number of rotatable bonds is 6. The van der Waals surface area contributed by atoms with Crippen molar-refractivity contribution in [2.45, 2.75) is 0 Å². The number of benzene rings is 8. The molecule has 0 amide bonds. The maximum Gasteiger partial charge on any atom is 0.160 e. The molecule has 0 saturated carbocycles. The van der Waals surface area contributed by atoms with E-state index in [1.807, 2.05) is 42.7 Å². The molecule has 10 aromatic rings. The molecule has 0 radical (unpaired) electrons. The molecule has 0 atom stereocenters. The smallest absolute Gasteiger partial charge is 0.160 e. The van der Waals surface area contributed by atoms with Crippen molar-refractivity contribution in [3.05, 3.63) is 200 Å². The van der Waals surface area contributed by atoms with E-state index < -0.39 is 0 Å². The fraction of sp³-hybridized carbons (Fsp3) is 0. The molecule has 0 aliphatic rings. The second-order valence-corrected chi connectivity index (χ2v) is 13.6. The Morgan fingerprint density at radius 2 is 0.722 bits per heavy atom. The molecule has 8 aromatic carbocycles. The van der Waals surface area contributed by atoms with Crippen LogP contribution in [0.5, 0.6) is 0 Å². The van der Waals surface area contributed by atoms with Crippen LogP contribution in [-0.2, 0) is 0 Å². The van der Waals surface area contributed by atoms with E-state index in [4.69, 9.17) is 9.97 Å². The summed E-state index contributed by atoms with van der Waals surface area (Å²) in [5.41, 5.74) is 11.8. The minimum atomic E-state index is 0.696. The van der Waals surface area contributed by atoms with Crippen LogP contribution in [0.4, 0.5) is 0 Å². The second-order valence-electron chi connectivity index (χ2n) is 13.6. The lowest BCUT2D eigenvalue weighted by atomic mass is 9.92. The summed E-state index contributed by atoms with van der Waals surface area (Å²) in [7, 11) is 0. The van der Waals surface area contributed by atoms with Gasteiger partial charge in [0.25, 0.3) is 0 Å². The summed E-state index contributed by atoms with van der Waals surface area (Å²) < 4.78 is 0. The van der Waals surface area contributed by atoms with Gasteiger partial charge in [0.15, 0.2) is 5.82 Å². The topological polar surface area (TPSA) is 38.7 Å². The minimum absolute atomic E-state index is 0.696. The lowest BCUT2D eigenvalue weighted by Gasteiger charge is -2.13. The van der Waals surface area contributed by atoms with E-state index >= 15 is 0 Å². The molecule has 0 spiro atoms. The molecule has 2 heterocycles. The third kappa shape index (κ3) is 5.69. The van der Waals surface area contributed by atoms with Gasteiger partial charge in [-0.1, -0.05) is 164 Å². The molecule has 3 heteroatoms. The van der Waals surface area contributed by atoms with Gasteiger partial charge in [0, 0.05) is 29.1 Å². The van der Waals surface area contributed by atoms with Gasteiger partial charge in [-0.25, -0.2) is 9.97 Å². The van der Waals surface area contributed by atoms with Crippen molar-refractivity contribution in [2.24, 2.45) is 0 Å². The van der Waals surface area contributed by atoms with Crippen LogP contribution in [0.2, 0.25) is 0 Å². The van der Waals surface area contributed by atoms with Gasteiger partial charge in [-0.2, -0.15) is 0 Å². The van der Waals surface area contributed by atoms with Crippen LogP contribution in [-0.4, -0.2) is 15.0 Å². The molecule has 252 valence electrons. The first-order chi connectivity index (χ1) is 26.8. The van der Waals surface area contributed by atoms with Crippen molar-refractivity contribution >= 4 is 32.3 Å². The molecular weight excluding hydrogens is 655 g/mol. The van der Waals surface area contributed by atoms with Crippen LogP contribution >= 0.6 is 0 Å². The Morgan fingerprint density at radius 1 is 0.259 bits per heavy atom. The van der Waals surface area contributed by atoms with Gasteiger partial charge in [-0.05, 0) is 90.0 Å². The monoisotopic (exact) mass is 687 g/mol. The summed E-state index contributed by atoms with van der Waals surface area (Å²) >= 11 is 0. The molecule has 0 N–H and O–H groups in total. The molecule has 0 bridgehead atoms. The quantitative estimate of drug-likeness (QED) is 0.163. The Balaban J connectivity index is 0.993. The maximum absolute atomic E-state index is 5.10. The highest BCUT2D eigenvalue weighted by Gasteiger charge is 2.15. The van der Waals surface area contributed by atoms with Gasteiger partial charge in [0.1, 0.15) is 0 Å². The third-order valence-corrected chi connectivity index (χ3v) is 10.4. The number of hydrogen-bond acceptors (Lipinski definition) is 3. The van der Waals surface area contributed by atoms with Crippen molar-refractivity contribution in [3.8, 4) is 67.3 Å². The SMILES string of the molecule is c1ccc(-c2nc(-c3ccc(-c4ccc(-c5ccc6c7ccccc7c7ccccc7c6c5)cc4)cc3)cc(-c3ccccc3-c3ccncc3)n2)cc1. The second kappa shape index (κ2) is 13.4. The van der Waals surface area contributed by atoms with Gasteiger partial charge in [0.2, 0.25) is 0 Å². The molecule has 0 aliphatic heterocycles. The molecule has 0 saturated heterocycles. The van der Waals surface area contributed by atoms with Crippen LogP contribution in [0.25, 0.3) is 99.6 Å². The zero-order chi connectivity index (χ0) is 35.8. The van der Waals surface area contributed by atoms with Gasteiger partial charge < -0.3 is 0 Å². The summed E-state index contributed by atoms with van der Waals surface area (Å²) in [4.78, 5) is 14.4. The zero-order valence-electron chi connectivity index (χ0n) is 29.4. The Bertz CT molecular complexity index is 2920. The summed E-state index contributed by atoms with van der Waals surface area (Å²) in [5.74, 6) is 0.696. The first-order valence-corrected chi connectivity index (χ1v) is 18.3. The fourth-order valence-electron chi connectivity index (χ4n) is 7.71. The van der Waals surface area contributed by atoms with Gasteiger partial charge in [-0.3, -0.25) is 4.98 Å². The number of pyridine rings is 1. The van der Waals surface area contributed by atoms with E-state index in [0.29, 0.717) is 5.82 Å². The minimum Gasteiger partial charge on any atom is -0.265 e. The third-order valence-electron chi connectivity index (χ3n) is 10.4. The largest absolute Gasteiger partial charge is 0.265 e. The number of aromatic nitrogens is 3. The van der Waals surface area contributed by atoms with Crippen LogP contribution in [0.3, 0.4) is 0 Å². The van der Waals surface area contributed by atoms with Crippen molar-refractivity contribution < 1.29 is 0 Å². The van der Waals surface area contributed by atoms with Gasteiger partial charge in [-0.15, -0.1) is 0 Å². The Hall–Kier alpha value is -7.23. The molecule has 54 heavy (non-hydrogen) atoms. The van der Waals surface area contributed by atoms with Crippen molar-refractivity contribution in [1.29, 1.82) is 0 Å². The zero-order valence-corrected chi connectivity index (χ0v) is 29.4. The lowest BCUT2D eigenvalue weighted by Crippen LogP contribution is -1.97. The molecule has 3 nitrogen and oxygen atoms in total. The van der Waals surface area contributed by atoms with Crippen molar-refractivity contribution in [1.82, 2.24) is 15.0 Å². The molecule has 0 unspecified atom stereocenters. The van der Waals surface area contributed by atoms with E-state index in [-0.39, 0.29) is 0 Å². The fourth-order valence-corrected chi connectivity index (χ4v) is 7.71. The summed E-state index contributed by atoms with van der Waals surface area (Å²) in [5, 5.41) is 7.74. The number of nitrogens with zero attached hydrogens (tertiary/aromatic N) is 3. The maximum atomic E-state index is 5.10. The highest BCUT2D eigenvalue weighted by Crippen LogP contribution is 2.38. The lowest BCUT2D eigenvalue weighted by molar-refractivity contribution is 1.18. The van der Waals surface area contributed by atoms with Crippen LogP contribution in [0, 0.1) is 0 Å². The molecule has 2 aromatic heterocycles. The van der Waals surface area contributed by atoms with Crippen LogP contribution in [0.1, 0.15) is 0 Å².